The Kier molecular flexibility index (Phi) is 1.60. The van der Waals surface area contributed by atoms with Crippen LogP contribution in [-0.4, -0.2) is 12.6 Å². The van der Waals surface area contributed by atoms with Crippen molar-refractivity contribution in [3.05, 3.63) is 24.3 Å². The summed E-state index contributed by atoms with van der Waals surface area (Å²) >= 11 is 0. The van der Waals surface area contributed by atoms with Crippen molar-refractivity contribution in [1.82, 2.24) is 5.32 Å². The maximum absolute atomic E-state index is 3.48. The standard InChI is InChI=1S/C9H13N/c1-2-6-9-8(4-1)5-3-7-10-9/h1-2,4,6,8-10H,3,5,7H2/t8-,9-/m1/s1. The lowest BCUT2D eigenvalue weighted by atomic mass is 9.88. The molecule has 0 aromatic heterocycles. The molecule has 1 aliphatic heterocycles. The second-order valence-electron chi connectivity index (χ2n) is 3.06. The molecule has 0 radical (unpaired) electrons. The molecular formula is C9H13N. The second kappa shape index (κ2) is 2.59. The molecular weight excluding hydrogens is 122 g/mol. The van der Waals surface area contributed by atoms with Gasteiger partial charge in [0.1, 0.15) is 0 Å². The van der Waals surface area contributed by atoms with Gasteiger partial charge in [-0.3, -0.25) is 0 Å². The summed E-state index contributed by atoms with van der Waals surface area (Å²) in [6.45, 7) is 1.19. The molecule has 1 fully saturated rings. The molecule has 0 unspecified atom stereocenters. The number of allylic oxidation sites excluding steroid dienone is 2. The molecule has 0 aromatic rings. The van der Waals surface area contributed by atoms with Crippen molar-refractivity contribution in [3.8, 4) is 0 Å². The van der Waals surface area contributed by atoms with E-state index in [0.717, 1.165) is 5.92 Å². The second-order valence-corrected chi connectivity index (χ2v) is 3.06. The third kappa shape index (κ3) is 1.01. The van der Waals surface area contributed by atoms with Gasteiger partial charge in [0.2, 0.25) is 0 Å². The molecule has 2 rings (SSSR count). The average molecular weight is 135 g/mol. The van der Waals surface area contributed by atoms with Gasteiger partial charge in [0.15, 0.2) is 0 Å². The zero-order valence-corrected chi connectivity index (χ0v) is 6.09. The van der Waals surface area contributed by atoms with Crippen molar-refractivity contribution in [2.24, 2.45) is 5.92 Å². The van der Waals surface area contributed by atoms with E-state index < -0.39 is 0 Å². The average Bonchev–Trinajstić information content (AvgIpc) is 2.05. The summed E-state index contributed by atoms with van der Waals surface area (Å²) in [7, 11) is 0. The Hall–Kier alpha value is -0.560. The Labute approximate surface area is 61.8 Å². The zero-order valence-electron chi connectivity index (χ0n) is 6.09. The minimum Gasteiger partial charge on any atom is -0.310 e. The molecule has 1 heterocycles. The van der Waals surface area contributed by atoms with Gasteiger partial charge in [-0.2, -0.15) is 0 Å². The van der Waals surface area contributed by atoms with Crippen LogP contribution in [0.1, 0.15) is 12.8 Å². The van der Waals surface area contributed by atoms with Gasteiger partial charge in [-0.25, -0.2) is 0 Å². The van der Waals surface area contributed by atoms with E-state index in [1.807, 2.05) is 0 Å². The highest BCUT2D eigenvalue weighted by atomic mass is 14.9. The summed E-state index contributed by atoms with van der Waals surface area (Å²) in [5.74, 6) is 0.777. The summed E-state index contributed by atoms with van der Waals surface area (Å²) in [4.78, 5) is 0. The fourth-order valence-corrected chi connectivity index (χ4v) is 1.75. The minimum atomic E-state index is 0.638. The smallest absolute Gasteiger partial charge is 0.0316 e. The van der Waals surface area contributed by atoms with Gasteiger partial charge in [-0.05, 0) is 25.3 Å². The van der Waals surface area contributed by atoms with E-state index in [2.05, 4.69) is 29.6 Å². The maximum atomic E-state index is 3.48. The number of rotatable bonds is 0. The molecule has 0 aromatic carbocycles. The SMILES string of the molecule is C1=C[C@@H]2CCCN[C@@H]2C=C1. The Bertz CT molecular complexity index is 150. The van der Waals surface area contributed by atoms with Gasteiger partial charge in [-0.15, -0.1) is 0 Å². The van der Waals surface area contributed by atoms with Gasteiger partial charge in [-0.1, -0.05) is 24.3 Å². The summed E-state index contributed by atoms with van der Waals surface area (Å²) in [6, 6.07) is 0.638. The molecule has 1 aliphatic carbocycles. The van der Waals surface area contributed by atoms with Gasteiger partial charge < -0.3 is 5.32 Å². The van der Waals surface area contributed by atoms with Gasteiger partial charge in [0, 0.05) is 6.04 Å². The largest absolute Gasteiger partial charge is 0.310 e. The van der Waals surface area contributed by atoms with Gasteiger partial charge >= 0.3 is 0 Å². The molecule has 1 nitrogen and oxygen atoms in total. The van der Waals surface area contributed by atoms with E-state index in [1.165, 1.54) is 19.4 Å². The molecule has 10 heavy (non-hydrogen) atoms. The summed E-state index contributed by atoms with van der Waals surface area (Å²) in [5.41, 5.74) is 0. The van der Waals surface area contributed by atoms with Crippen LogP contribution < -0.4 is 5.32 Å². The van der Waals surface area contributed by atoms with Gasteiger partial charge in [0.05, 0.1) is 0 Å². The zero-order chi connectivity index (χ0) is 6.81. The molecule has 0 amide bonds. The molecule has 0 bridgehead atoms. The summed E-state index contributed by atoms with van der Waals surface area (Å²) in [6.07, 6.45) is 11.6. The first kappa shape index (κ1) is 6.17. The van der Waals surface area contributed by atoms with Crippen molar-refractivity contribution in [3.63, 3.8) is 0 Å². The van der Waals surface area contributed by atoms with Crippen LogP contribution in [0, 0.1) is 5.92 Å². The van der Waals surface area contributed by atoms with Crippen molar-refractivity contribution >= 4 is 0 Å². The van der Waals surface area contributed by atoms with Gasteiger partial charge in [0.25, 0.3) is 0 Å². The van der Waals surface area contributed by atoms with E-state index in [0.29, 0.717) is 6.04 Å². The van der Waals surface area contributed by atoms with E-state index in [9.17, 15) is 0 Å². The van der Waals surface area contributed by atoms with E-state index in [1.54, 1.807) is 0 Å². The van der Waals surface area contributed by atoms with Crippen LogP contribution in [0.5, 0.6) is 0 Å². The first-order chi connectivity index (χ1) is 4.97. The van der Waals surface area contributed by atoms with Crippen molar-refractivity contribution in [2.45, 2.75) is 18.9 Å². The predicted molar refractivity (Wildman–Crippen MR) is 42.8 cm³/mol. The first-order valence-electron chi connectivity index (χ1n) is 4.05. The van der Waals surface area contributed by atoms with Crippen molar-refractivity contribution < 1.29 is 0 Å². The van der Waals surface area contributed by atoms with Crippen LogP contribution in [0.25, 0.3) is 0 Å². The number of hydrogen-bond donors (Lipinski definition) is 1. The van der Waals surface area contributed by atoms with E-state index in [-0.39, 0.29) is 0 Å². The van der Waals surface area contributed by atoms with Crippen molar-refractivity contribution in [2.75, 3.05) is 6.54 Å². The monoisotopic (exact) mass is 135 g/mol. The molecule has 2 atom stereocenters. The highest BCUT2D eigenvalue weighted by molar-refractivity contribution is 5.17. The topological polar surface area (TPSA) is 12.0 Å². The number of nitrogens with one attached hydrogen (secondary N) is 1. The fraction of sp³-hybridized carbons (Fsp3) is 0.556. The van der Waals surface area contributed by atoms with Crippen LogP contribution in [0.2, 0.25) is 0 Å². The summed E-state index contributed by atoms with van der Waals surface area (Å²) < 4.78 is 0. The molecule has 1 N–H and O–H groups in total. The predicted octanol–water partition coefficient (Wildman–Crippen LogP) is 1.48. The maximum Gasteiger partial charge on any atom is 0.0316 e. The number of fused-ring (bicyclic) bond motifs is 1. The Morgan fingerprint density at radius 2 is 2.10 bits per heavy atom. The van der Waals surface area contributed by atoms with Crippen LogP contribution in [0.15, 0.2) is 24.3 Å². The van der Waals surface area contributed by atoms with Crippen LogP contribution >= 0.6 is 0 Å². The lowest BCUT2D eigenvalue weighted by Gasteiger charge is -2.29. The van der Waals surface area contributed by atoms with Crippen LogP contribution in [0.3, 0.4) is 0 Å². The molecule has 54 valence electrons. The highest BCUT2D eigenvalue weighted by Crippen LogP contribution is 2.21. The quantitative estimate of drug-likeness (QED) is 0.530. The molecule has 0 saturated carbocycles. The normalized spacial score (nSPS) is 37.6. The number of hydrogen-bond acceptors (Lipinski definition) is 1. The van der Waals surface area contributed by atoms with Crippen LogP contribution in [0.4, 0.5) is 0 Å². The van der Waals surface area contributed by atoms with Crippen molar-refractivity contribution in [1.29, 1.82) is 0 Å². The van der Waals surface area contributed by atoms with E-state index in [4.69, 9.17) is 0 Å². The lowest BCUT2D eigenvalue weighted by molar-refractivity contribution is 0.372. The third-order valence-electron chi connectivity index (χ3n) is 2.34. The van der Waals surface area contributed by atoms with E-state index >= 15 is 0 Å². The molecule has 2 aliphatic rings. The van der Waals surface area contributed by atoms with Crippen LogP contribution in [-0.2, 0) is 0 Å². The molecule has 1 saturated heterocycles. The Morgan fingerprint density at radius 3 is 3.00 bits per heavy atom. The lowest BCUT2D eigenvalue weighted by Crippen LogP contribution is -2.39. The molecule has 1 heteroatoms. The summed E-state index contributed by atoms with van der Waals surface area (Å²) in [5, 5.41) is 3.48. The fourth-order valence-electron chi connectivity index (χ4n) is 1.75. The molecule has 0 spiro atoms. The third-order valence-corrected chi connectivity index (χ3v) is 2.34. The minimum absolute atomic E-state index is 0.638. The first-order valence-corrected chi connectivity index (χ1v) is 4.05. The number of piperidine rings is 1. The highest BCUT2D eigenvalue weighted by Gasteiger charge is 2.20. The Morgan fingerprint density at radius 1 is 1.20 bits per heavy atom. The Balaban J connectivity index is 2.09.